The summed E-state index contributed by atoms with van der Waals surface area (Å²) in [4.78, 5) is 25.1. The van der Waals surface area contributed by atoms with Crippen molar-refractivity contribution in [2.24, 2.45) is 0 Å². The highest BCUT2D eigenvalue weighted by molar-refractivity contribution is 7.89. The number of anilines is 1. The van der Waals surface area contributed by atoms with E-state index in [1.807, 2.05) is 13.0 Å². The predicted molar refractivity (Wildman–Crippen MR) is 127 cm³/mol. The van der Waals surface area contributed by atoms with Gasteiger partial charge in [0, 0.05) is 24.4 Å². The van der Waals surface area contributed by atoms with E-state index in [9.17, 15) is 18.0 Å². The molecule has 178 valence electrons. The van der Waals surface area contributed by atoms with Gasteiger partial charge < -0.3 is 5.32 Å². The molecule has 1 amide bonds. The van der Waals surface area contributed by atoms with Gasteiger partial charge in [-0.1, -0.05) is 51.2 Å². The molecule has 4 rings (SSSR count). The molecular formula is C24H32N4O4S. The van der Waals surface area contributed by atoms with Gasteiger partial charge in [-0.15, -0.1) is 0 Å². The maximum atomic E-state index is 13.4. The number of aryl methyl sites for hydroxylation is 2. The SMILES string of the molecule is CCCc1nn2c(c1-c1ccc(C)c(S(=O)(=O)NC3CCCCCC3)c1)NC(=O)CCC2=O. The monoisotopic (exact) mass is 472 g/mol. The van der Waals surface area contributed by atoms with Crippen molar-refractivity contribution in [1.29, 1.82) is 0 Å². The molecule has 1 aliphatic heterocycles. The van der Waals surface area contributed by atoms with Crippen LogP contribution >= 0.6 is 0 Å². The fourth-order valence-electron chi connectivity index (χ4n) is 4.72. The second-order valence-electron chi connectivity index (χ2n) is 9.06. The van der Waals surface area contributed by atoms with E-state index < -0.39 is 10.0 Å². The minimum Gasteiger partial charge on any atom is -0.310 e. The number of rotatable bonds is 6. The molecule has 1 aliphatic carbocycles. The molecule has 1 saturated carbocycles. The van der Waals surface area contributed by atoms with Crippen LogP contribution in [0.5, 0.6) is 0 Å². The first-order valence-electron chi connectivity index (χ1n) is 11.9. The molecule has 1 fully saturated rings. The summed E-state index contributed by atoms with van der Waals surface area (Å²) in [7, 11) is -3.73. The Morgan fingerprint density at radius 3 is 2.55 bits per heavy atom. The number of hydrogen-bond donors (Lipinski definition) is 2. The second-order valence-corrected chi connectivity index (χ2v) is 10.7. The fourth-order valence-corrected chi connectivity index (χ4v) is 6.30. The molecule has 2 aliphatic rings. The Balaban J connectivity index is 1.77. The van der Waals surface area contributed by atoms with Crippen molar-refractivity contribution in [3.05, 3.63) is 29.5 Å². The Kier molecular flexibility index (Phi) is 6.99. The number of fused-ring (bicyclic) bond motifs is 1. The molecule has 0 radical (unpaired) electrons. The molecule has 8 nitrogen and oxygen atoms in total. The van der Waals surface area contributed by atoms with Crippen LogP contribution in [0, 0.1) is 6.92 Å². The van der Waals surface area contributed by atoms with Crippen LogP contribution in [-0.2, 0) is 21.2 Å². The van der Waals surface area contributed by atoms with Gasteiger partial charge in [0.05, 0.1) is 10.6 Å². The minimum absolute atomic E-state index is 0.0551. The summed E-state index contributed by atoms with van der Waals surface area (Å²) >= 11 is 0. The Bertz CT molecular complexity index is 1160. The van der Waals surface area contributed by atoms with E-state index in [4.69, 9.17) is 0 Å². The van der Waals surface area contributed by atoms with Gasteiger partial charge in [0.1, 0.15) is 5.82 Å². The standard InChI is InChI=1S/C24H32N4O4S/c1-3-8-19-23(24-25-21(29)13-14-22(30)28(24)26-19)17-12-11-16(2)20(15-17)33(31,32)27-18-9-6-4-5-7-10-18/h11-12,15,18,27H,3-10,13-14H2,1-2H3,(H,25,29). The number of aromatic nitrogens is 2. The third kappa shape index (κ3) is 5.04. The second kappa shape index (κ2) is 9.77. The molecule has 2 N–H and O–H groups in total. The van der Waals surface area contributed by atoms with Gasteiger partial charge in [-0.05, 0) is 43.4 Å². The summed E-state index contributed by atoms with van der Waals surface area (Å²) in [6.45, 7) is 3.79. The Hall–Kier alpha value is -2.52. The van der Waals surface area contributed by atoms with Crippen LogP contribution < -0.4 is 10.0 Å². The van der Waals surface area contributed by atoms with E-state index in [0.29, 0.717) is 34.6 Å². The molecule has 0 bridgehead atoms. The van der Waals surface area contributed by atoms with Gasteiger partial charge in [-0.25, -0.2) is 13.1 Å². The van der Waals surface area contributed by atoms with Gasteiger partial charge in [0.25, 0.3) is 0 Å². The largest absolute Gasteiger partial charge is 0.310 e. The number of sulfonamides is 1. The summed E-state index contributed by atoms with van der Waals surface area (Å²) in [5, 5.41) is 7.32. The predicted octanol–water partition coefficient (Wildman–Crippen LogP) is 4.18. The summed E-state index contributed by atoms with van der Waals surface area (Å²) in [6, 6.07) is 5.20. The van der Waals surface area contributed by atoms with E-state index in [1.165, 1.54) is 4.68 Å². The van der Waals surface area contributed by atoms with Crippen LogP contribution in [0.25, 0.3) is 11.1 Å². The highest BCUT2D eigenvalue weighted by atomic mass is 32.2. The van der Waals surface area contributed by atoms with E-state index in [0.717, 1.165) is 44.9 Å². The van der Waals surface area contributed by atoms with Gasteiger partial charge in [-0.3, -0.25) is 9.59 Å². The minimum atomic E-state index is -3.73. The van der Waals surface area contributed by atoms with Crippen LogP contribution in [0.4, 0.5) is 5.82 Å². The number of carbonyl (C=O) groups is 2. The maximum absolute atomic E-state index is 13.4. The highest BCUT2D eigenvalue weighted by Gasteiger charge is 2.29. The third-order valence-electron chi connectivity index (χ3n) is 6.45. The summed E-state index contributed by atoms with van der Waals surface area (Å²) in [6.07, 6.45) is 7.64. The van der Waals surface area contributed by atoms with E-state index in [-0.39, 0.29) is 35.6 Å². The normalized spacial score (nSPS) is 17.9. The maximum Gasteiger partial charge on any atom is 0.249 e. The van der Waals surface area contributed by atoms with Crippen molar-refractivity contribution in [2.75, 3.05) is 5.32 Å². The van der Waals surface area contributed by atoms with Gasteiger partial charge in [0.2, 0.25) is 21.8 Å². The van der Waals surface area contributed by atoms with E-state index in [2.05, 4.69) is 15.1 Å². The molecule has 0 unspecified atom stereocenters. The molecule has 0 saturated heterocycles. The molecule has 33 heavy (non-hydrogen) atoms. The lowest BCUT2D eigenvalue weighted by atomic mass is 10.0. The van der Waals surface area contributed by atoms with E-state index >= 15 is 0 Å². The lowest BCUT2D eigenvalue weighted by Crippen LogP contribution is -2.34. The summed E-state index contributed by atoms with van der Waals surface area (Å²) < 4.78 is 30.9. The smallest absolute Gasteiger partial charge is 0.249 e. The Morgan fingerprint density at radius 2 is 1.85 bits per heavy atom. The average molecular weight is 473 g/mol. The van der Waals surface area contributed by atoms with Crippen LogP contribution in [0.2, 0.25) is 0 Å². The molecule has 1 aromatic heterocycles. The molecule has 0 spiro atoms. The Labute approximate surface area is 195 Å². The van der Waals surface area contributed by atoms with E-state index in [1.54, 1.807) is 19.1 Å². The van der Waals surface area contributed by atoms with Crippen LogP contribution in [0.15, 0.2) is 23.1 Å². The number of hydrogen-bond acceptors (Lipinski definition) is 5. The van der Waals surface area contributed by atoms with Gasteiger partial charge in [0.15, 0.2) is 0 Å². The fraction of sp³-hybridized carbons (Fsp3) is 0.542. The summed E-state index contributed by atoms with van der Waals surface area (Å²) in [5.41, 5.74) is 2.56. The first-order valence-corrected chi connectivity index (χ1v) is 13.4. The zero-order chi connectivity index (χ0) is 23.6. The van der Waals surface area contributed by atoms with Crippen LogP contribution in [0.3, 0.4) is 0 Å². The van der Waals surface area contributed by atoms with Gasteiger partial charge >= 0.3 is 0 Å². The highest BCUT2D eigenvalue weighted by Crippen LogP contribution is 2.36. The third-order valence-corrected chi connectivity index (χ3v) is 8.11. The number of nitrogens with zero attached hydrogens (tertiary/aromatic N) is 2. The quantitative estimate of drug-likeness (QED) is 0.613. The van der Waals surface area contributed by atoms with Crippen molar-refractivity contribution < 1.29 is 18.0 Å². The van der Waals surface area contributed by atoms with Crippen molar-refractivity contribution in [3.63, 3.8) is 0 Å². The van der Waals surface area contributed by atoms with Crippen molar-refractivity contribution in [3.8, 4) is 11.1 Å². The van der Waals surface area contributed by atoms with Crippen molar-refractivity contribution in [1.82, 2.24) is 14.5 Å². The molecule has 0 atom stereocenters. The number of nitrogens with one attached hydrogen (secondary N) is 2. The Morgan fingerprint density at radius 1 is 1.12 bits per heavy atom. The first kappa shape index (κ1) is 23.6. The zero-order valence-corrected chi connectivity index (χ0v) is 20.1. The molecule has 1 aromatic carbocycles. The van der Waals surface area contributed by atoms with Crippen molar-refractivity contribution >= 4 is 27.7 Å². The number of amides is 1. The average Bonchev–Trinajstić information content (AvgIpc) is 2.89. The molecule has 9 heteroatoms. The number of benzene rings is 1. The molecule has 2 aromatic rings. The molecular weight excluding hydrogens is 440 g/mol. The van der Waals surface area contributed by atoms with Crippen LogP contribution in [0.1, 0.15) is 80.8 Å². The topological polar surface area (TPSA) is 110 Å². The summed E-state index contributed by atoms with van der Waals surface area (Å²) in [5.74, 6) is -0.168. The first-order chi connectivity index (χ1) is 15.8. The lowest BCUT2D eigenvalue weighted by molar-refractivity contribution is -0.116. The lowest BCUT2D eigenvalue weighted by Gasteiger charge is -2.18. The van der Waals surface area contributed by atoms with Gasteiger partial charge in [-0.2, -0.15) is 9.78 Å². The van der Waals surface area contributed by atoms with Crippen molar-refractivity contribution in [2.45, 2.75) is 89.0 Å². The number of carbonyl (C=O) groups excluding carboxylic acids is 2. The molecule has 2 heterocycles. The van der Waals surface area contributed by atoms with Crippen LogP contribution in [-0.4, -0.2) is 36.1 Å². The zero-order valence-electron chi connectivity index (χ0n) is 19.3.